The van der Waals surface area contributed by atoms with Gasteiger partial charge in [-0.1, -0.05) is 6.07 Å². The van der Waals surface area contributed by atoms with E-state index in [9.17, 15) is 10.1 Å². The van der Waals surface area contributed by atoms with E-state index in [1.807, 2.05) is 6.92 Å². The highest BCUT2D eigenvalue weighted by Crippen LogP contribution is 2.37. The molecule has 1 saturated carbocycles. The Morgan fingerprint density at radius 1 is 1.56 bits per heavy atom. The average Bonchev–Trinajstić information content (AvgIpc) is 2.99. The van der Waals surface area contributed by atoms with Crippen LogP contribution in [-0.4, -0.2) is 11.0 Å². The number of rotatable bonds is 4. The zero-order valence-electron chi connectivity index (χ0n) is 9.14. The lowest BCUT2D eigenvalue weighted by Gasteiger charge is -2.14. The van der Waals surface area contributed by atoms with Gasteiger partial charge in [0.15, 0.2) is 0 Å². The number of nitrogens with two attached hydrogens (primary N) is 1. The molecule has 1 atom stereocenters. The third-order valence-electron chi connectivity index (χ3n) is 2.96. The summed E-state index contributed by atoms with van der Waals surface area (Å²) in [6.07, 6.45) is 2.40. The van der Waals surface area contributed by atoms with E-state index in [1.165, 1.54) is 12.8 Å². The number of benzene rings is 1. The summed E-state index contributed by atoms with van der Waals surface area (Å²) in [5, 5.41) is 14.1. The van der Waals surface area contributed by atoms with Crippen molar-refractivity contribution in [1.29, 1.82) is 0 Å². The predicted octanol–water partition coefficient (Wildman–Crippen LogP) is 2.39. The van der Waals surface area contributed by atoms with Crippen LogP contribution in [0.5, 0.6) is 0 Å². The molecule has 2 rings (SSSR count). The van der Waals surface area contributed by atoms with Crippen molar-refractivity contribution in [2.75, 3.05) is 11.1 Å². The van der Waals surface area contributed by atoms with E-state index in [0.717, 1.165) is 0 Å². The monoisotopic (exact) mass is 221 g/mol. The number of nitrogens with one attached hydrogen (secondary N) is 1. The summed E-state index contributed by atoms with van der Waals surface area (Å²) >= 11 is 0. The first-order chi connectivity index (χ1) is 7.59. The van der Waals surface area contributed by atoms with Crippen molar-refractivity contribution in [2.45, 2.75) is 25.8 Å². The number of nitrogen functional groups attached to an aromatic ring is 1. The van der Waals surface area contributed by atoms with Gasteiger partial charge >= 0.3 is 5.69 Å². The van der Waals surface area contributed by atoms with E-state index in [1.54, 1.807) is 18.2 Å². The highest BCUT2D eigenvalue weighted by molar-refractivity contribution is 5.74. The normalized spacial score (nSPS) is 16.8. The maximum absolute atomic E-state index is 10.9. The van der Waals surface area contributed by atoms with Crippen LogP contribution in [0, 0.1) is 16.0 Å². The van der Waals surface area contributed by atoms with Gasteiger partial charge in [-0.3, -0.25) is 10.1 Å². The highest BCUT2D eigenvalue weighted by Gasteiger charge is 2.29. The summed E-state index contributed by atoms with van der Waals surface area (Å²) in [7, 11) is 0. The number of nitro benzene ring substituents is 1. The van der Waals surface area contributed by atoms with Crippen LogP contribution in [0.4, 0.5) is 17.1 Å². The second kappa shape index (κ2) is 4.00. The molecule has 1 fully saturated rings. The van der Waals surface area contributed by atoms with E-state index in [0.29, 0.717) is 11.6 Å². The standard InChI is InChI=1S/C11H15N3O2/c1-7(8-5-6-8)13-10-4-2-3-9(12)11(10)14(15)16/h2-4,7-8,13H,5-6,12H2,1H3. The quantitative estimate of drug-likeness (QED) is 0.464. The van der Waals surface area contributed by atoms with Crippen molar-refractivity contribution >= 4 is 17.1 Å². The molecular weight excluding hydrogens is 206 g/mol. The number of nitrogens with zero attached hydrogens (tertiary/aromatic N) is 1. The van der Waals surface area contributed by atoms with Crippen molar-refractivity contribution in [3.63, 3.8) is 0 Å². The number of hydrogen-bond acceptors (Lipinski definition) is 4. The fourth-order valence-corrected chi connectivity index (χ4v) is 1.84. The minimum absolute atomic E-state index is 0.0185. The molecule has 1 aliphatic rings. The van der Waals surface area contributed by atoms with E-state index < -0.39 is 4.92 Å². The molecule has 1 aromatic carbocycles. The van der Waals surface area contributed by atoms with Crippen LogP contribution in [0.15, 0.2) is 18.2 Å². The van der Waals surface area contributed by atoms with Gasteiger partial charge in [0.05, 0.1) is 4.92 Å². The lowest BCUT2D eigenvalue weighted by atomic mass is 10.1. The summed E-state index contributed by atoms with van der Waals surface area (Å²) in [5.41, 5.74) is 6.31. The number of anilines is 2. The molecule has 0 spiro atoms. The van der Waals surface area contributed by atoms with Gasteiger partial charge in [-0.25, -0.2) is 0 Å². The lowest BCUT2D eigenvalue weighted by molar-refractivity contribution is -0.383. The van der Waals surface area contributed by atoms with E-state index in [4.69, 9.17) is 5.73 Å². The molecule has 5 heteroatoms. The summed E-state index contributed by atoms with van der Waals surface area (Å²) in [4.78, 5) is 10.5. The van der Waals surface area contributed by atoms with Gasteiger partial charge in [-0.15, -0.1) is 0 Å². The Labute approximate surface area is 93.8 Å². The Balaban J connectivity index is 2.24. The van der Waals surface area contributed by atoms with Crippen LogP contribution in [0.3, 0.4) is 0 Å². The van der Waals surface area contributed by atoms with Crippen molar-refractivity contribution in [3.8, 4) is 0 Å². The molecule has 1 unspecified atom stereocenters. The molecule has 86 valence electrons. The first-order valence-electron chi connectivity index (χ1n) is 5.39. The Bertz CT molecular complexity index is 416. The van der Waals surface area contributed by atoms with Gasteiger partial charge in [0.25, 0.3) is 0 Å². The molecule has 0 saturated heterocycles. The Morgan fingerprint density at radius 2 is 2.25 bits per heavy atom. The van der Waals surface area contributed by atoms with Crippen molar-refractivity contribution in [3.05, 3.63) is 28.3 Å². The molecule has 0 amide bonds. The van der Waals surface area contributed by atoms with Crippen molar-refractivity contribution in [2.24, 2.45) is 5.92 Å². The van der Waals surface area contributed by atoms with Gasteiger partial charge in [0.1, 0.15) is 11.4 Å². The topological polar surface area (TPSA) is 81.2 Å². The van der Waals surface area contributed by atoms with Crippen LogP contribution < -0.4 is 11.1 Å². The predicted molar refractivity (Wildman–Crippen MR) is 63.3 cm³/mol. The fraction of sp³-hybridized carbons (Fsp3) is 0.455. The van der Waals surface area contributed by atoms with Crippen LogP contribution in [0.25, 0.3) is 0 Å². The van der Waals surface area contributed by atoms with Crippen LogP contribution >= 0.6 is 0 Å². The lowest BCUT2D eigenvalue weighted by Crippen LogP contribution is -2.18. The Kier molecular flexibility index (Phi) is 2.68. The third kappa shape index (κ3) is 2.08. The summed E-state index contributed by atoms with van der Waals surface area (Å²) < 4.78 is 0. The molecule has 0 aromatic heterocycles. The maximum atomic E-state index is 10.9. The molecular formula is C11H15N3O2. The summed E-state index contributed by atoms with van der Waals surface area (Å²) in [6.45, 7) is 2.05. The first kappa shape index (κ1) is 10.7. The Morgan fingerprint density at radius 3 is 2.81 bits per heavy atom. The molecule has 5 nitrogen and oxygen atoms in total. The van der Waals surface area contributed by atoms with E-state index in [-0.39, 0.29) is 17.4 Å². The van der Waals surface area contributed by atoms with Crippen molar-refractivity contribution < 1.29 is 4.92 Å². The zero-order valence-corrected chi connectivity index (χ0v) is 9.14. The summed E-state index contributed by atoms with van der Waals surface area (Å²) in [5.74, 6) is 0.640. The van der Waals surface area contributed by atoms with E-state index >= 15 is 0 Å². The number of nitro groups is 1. The van der Waals surface area contributed by atoms with Crippen LogP contribution in [0.2, 0.25) is 0 Å². The maximum Gasteiger partial charge on any atom is 0.314 e. The minimum atomic E-state index is -0.433. The molecule has 1 aromatic rings. The first-order valence-corrected chi connectivity index (χ1v) is 5.39. The minimum Gasteiger partial charge on any atom is -0.393 e. The molecule has 0 bridgehead atoms. The van der Waals surface area contributed by atoms with Crippen molar-refractivity contribution in [1.82, 2.24) is 0 Å². The highest BCUT2D eigenvalue weighted by atomic mass is 16.6. The second-order valence-corrected chi connectivity index (χ2v) is 4.27. The molecule has 3 N–H and O–H groups in total. The molecule has 0 radical (unpaired) electrons. The largest absolute Gasteiger partial charge is 0.393 e. The summed E-state index contributed by atoms with van der Waals surface area (Å²) in [6, 6.07) is 5.24. The molecule has 0 heterocycles. The van der Waals surface area contributed by atoms with Gasteiger partial charge in [-0.05, 0) is 37.8 Å². The van der Waals surface area contributed by atoms with E-state index in [2.05, 4.69) is 5.32 Å². The SMILES string of the molecule is CC(Nc1cccc(N)c1[N+](=O)[O-])C1CC1. The molecule has 16 heavy (non-hydrogen) atoms. The van der Waals surface area contributed by atoms with Gasteiger partial charge in [-0.2, -0.15) is 0 Å². The second-order valence-electron chi connectivity index (χ2n) is 4.27. The molecule has 1 aliphatic carbocycles. The van der Waals surface area contributed by atoms with Crippen LogP contribution in [0.1, 0.15) is 19.8 Å². The zero-order chi connectivity index (χ0) is 11.7. The smallest absolute Gasteiger partial charge is 0.314 e. The number of hydrogen-bond donors (Lipinski definition) is 2. The molecule has 0 aliphatic heterocycles. The van der Waals surface area contributed by atoms with Gasteiger partial charge in [0, 0.05) is 6.04 Å². The fourth-order valence-electron chi connectivity index (χ4n) is 1.84. The van der Waals surface area contributed by atoms with Gasteiger partial charge in [0.2, 0.25) is 0 Å². The third-order valence-corrected chi connectivity index (χ3v) is 2.96. The van der Waals surface area contributed by atoms with Crippen LogP contribution in [-0.2, 0) is 0 Å². The Hall–Kier alpha value is -1.78. The average molecular weight is 221 g/mol. The van der Waals surface area contributed by atoms with Gasteiger partial charge < -0.3 is 11.1 Å². The number of para-hydroxylation sites is 1.